The molecule has 0 spiro atoms. The largest absolute Gasteiger partial charge is 0.370 e. The van der Waals surface area contributed by atoms with Crippen LogP contribution < -0.4 is 10.6 Å². The summed E-state index contributed by atoms with van der Waals surface area (Å²) in [5.74, 6) is 0.977. The number of carbonyl (C=O) groups is 1. The van der Waals surface area contributed by atoms with Crippen LogP contribution in [0, 0.1) is 5.92 Å². The fourth-order valence-corrected chi connectivity index (χ4v) is 2.04. The first-order valence-corrected chi connectivity index (χ1v) is 7.68. The third-order valence-electron chi connectivity index (χ3n) is 3.32. The molecule has 0 aliphatic heterocycles. The lowest BCUT2D eigenvalue weighted by Crippen LogP contribution is -2.30. The van der Waals surface area contributed by atoms with Crippen molar-refractivity contribution < 1.29 is 4.79 Å². The molecule has 112 valence electrons. The van der Waals surface area contributed by atoms with Crippen molar-refractivity contribution in [3.8, 4) is 0 Å². The summed E-state index contributed by atoms with van der Waals surface area (Å²) in [7, 11) is 0. The van der Waals surface area contributed by atoms with Crippen molar-refractivity contribution in [2.75, 3.05) is 18.4 Å². The summed E-state index contributed by atoms with van der Waals surface area (Å²) in [6.45, 7) is 7.81. The van der Waals surface area contributed by atoms with Crippen molar-refractivity contribution in [3.63, 3.8) is 0 Å². The van der Waals surface area contributed by atoms with E-state index in [-0.39, 0.29) is 5.91 Å². The Morgan fingerprint density at radius 3 is 2.60 bits per heavy atom. The summed E-state index contributed by atoms with van der Waals surface area (Å²) in [6, 6.07) is 3.49. The smallest absolute Gasteiger partial charge is 0.271 e. The monoisotopic (exact) mass is 297 g/mol. The minimum Gasteiger partial charge on any atom is -0.370 e. The zero-order chi connectivity index (χ0) is 15.0. The van der Waals surface area contributed by atoms with E-state index < -0.39 is 0 Å². The van der Waals surface area contributed by atoms with Gasteiger partial charge in [0.1, 0.15) is 11.5 Å². The molecule has 1 aromatic heterocycles. The summed E-state index contributed by atoms with van der Waals surface area (Å²) < 4.78 is 0. The molecule has 20 heavy (non-hydrogen) atoms. The SMILES string of the molecule is CCCNc1ccc(Cl)c(C(=O)NCC(CC)CC)n1. The van der Waals surface area contributed by atoms with E-state index in [9.17, 15) is 4.79 Å². The van der Waals surface area contributed by atoms with Gasteiger partial charge in [0.2, 0.25) is 0 Å². The first-order valence-electron chi connectivity index (χ1n) is 7.30. The Labute approximate surface area is 126 Å². The lowest BCUT2D eigenvalue weighted by Gasteiger charge is -2.14. The molecule has 0 saturated carbocycles. The Balaban J connectivity index is 2.70. The first-order chi connectivity index (χ1) is 9.62. The standard InChI is InChI=1S/C15H24ClN3O/c1-4-9-17-13-8-7-12(16)14(19-13)15(20)18-10-11(5-2)6-3/h7-8,11H,4-6,9-10H2,1-3H3,(H,17,19)(H,18,20). The molecule has 0 bridgehead atoms. The second-order valence-corrected chi connectivity index (χ2v) is 5.25. The molecule has 5 heteroatoms. The molecule has 1 aromatic rings. The van der Waals surface area contributed by atoms with Gasteiger partial charge in [-0.15, -0.1) is 0 Å². The third kappa shape index (κ3) is 5.00. The van der Waals surface area contributed by atoms with Gasteiger partial charge in [-0.2, -0.15) is 0 Å². The van der Waals surface area contributed by atoms with Crippen molar-refractivity contribution in [2.45, 2.75) is 40.0 Å². The summed E-state index contributed by atoms with van der Waals surface area (Å²) in [5, 5.41) is 6.45. The maximum atomic E-state index is 12.1. The number of halogens is 1. The highest BCUT2D eigenvalue weighted by molar-refractivity contribution is 6.33. The van der Waals surface area contributed by atoms with Gasteiger partial charge < -0.3 is 10.6 Å². The van der Waals surface area contributed by atoms with Crippen molar-refractivity contribution >= 4 is 23.3 Å². The molecule has 0 saturated heterocycles. The number of nitrogens with one attached hydrogen (secondary N) is 2. The topological polar surface area (TPSA) is 54.0 Å². The van der Waals surface area contributed by atoms with Crippen molar-refractivity contribution in [1.82, 2.24) is 10.3 Å². The first kappa shape index (κ1) is 16.8. The van der Waals surface area contributed by atoms with Crippen LogP contribution in [0.4, 0.5) is 5.82 Å². The minimum atomic E-state index is -0.206. The highest BCUT2D eigenvalue weighted by atomic mass is 35.5. The molecular weight excluding hydrogens is 274 g/mol. The van der Waals surface area contributed by atoms with Gasteiger partial charge in [-0.05, 0) is 24.5 Å². The number of anilines is 1. The van der Waals surface area contributed by atoms with Gasteiger partial charge in [-0.3, -0.25) is 4.79 Å². The number of nitrogens with zero attached hydrogens (tertiary/aromatic N) is 1. The normalized spacial score (nSPS) is 10.7. The molecule has 0 atom stereocenters. The second kappa shape index (κ2) is 8.80. The maximum absolute atomic E-state index is 12.1. The van der Waals surface area contributed by atoms with Crippen LogP contribution in [-0.4, -0.2) is 24.0 Å². The molecule has 0 aromatic carbocycles. The summed E-state index contributed by atoms with van der Waals surface area (Å²) in [5.41, 5.74) is 0.290. The van der Waals surface area contributed by atoms with Crippen LogP contribution in [0.3, 0.4) is 0 Å². The Morgan fingerprint density at radius 1 is 1.30 bits per heavy atom. The van der Waals surface area contributed by atoms with Crippen molar-refractivity contribution in [2.24, 2.45) is 5.92 Å². The molecule has 4 nitrogen and oxygen atoms in total. The van der Waals surface area contributed by atoms with E-state index in [1.807, 2.05) is 0 Å². The zero-order valence-corrected chi connectivity index (χ0v) is 13.3. The summed E-state index contributed by atoms with van der Waals surface area (Å²) in [6.07, 6.45) is 3.10. The van der Waals surface area contributed by atoms with E-state index in [1.54, 1.807) is 12.1 Å². The molecule has 0 radical (unpaired) electrons. The van der Waals surface area contributed by atoms with Crippen molar-refractivity contribution in [1.29, 1.82) is 0 Å². The predicted octanol–water partition coefficient (Wildman–Crippen LogP) is 3.72. The Hall–Kier alpha value is -1.29. The van der Waals surface area contributed by atoms with Crippen LogP contribution in [0.1, 0.15) is 50.5 Å². The highest BCUT2D eigenvalue weighted by Gasteiger charge is 2.14. The number of amides is 1. The van der Waals surface area contributed by atoms with Crippen LogP contribution in [0.2, 0.25) is 5.02 Å². The van der Waals surface area contributed by atoms with Crippen LogP contribution in [-0.2, 0) is 0 Å². The Bertz CT molecular complexity index is 433. The average molecular weight is 298 g/mol. The summed E-state index contributed by atoms with van der Waals surface area (Å²) in [4.78, 5) is 16.4. The Morgan fingerprint density at radius 2 is 2.00 bits per heavy atom. The van der Waals surface area contributed by atoms with E-state index in [0.29, 0.717) is 29.0 Å². The van der Waals surface area contributed by atoms with E-state index in [4.69, 9.17) is 11.6 Å². The summed E-state index contributed by atoms with van der Waals surface area (Å²) >= 11 is 6.06. The number of rotatable bonds is 8. The zero-order valence-electron chi connectivity index (χ0n) is 12.5. The van der Waals surface area contributed by atoms with Crippen LogP contribution >= 0.6 is 11.6 Å². The molecule has 1 heterocycles. The molecular formula is C15H24ClN3O. The van der Waals surface area contributed by atoms with E-state index in [2.05, 4.69) is 36.4 Å². The lowest BCUT2D eigenvalue weighted by atomic mass is 10.0. The highest BCUT2D eigenvalue weighted by Crippen LogP contribution is 2.17. The van der Waals surface area contributed by atoms with Gasteiger partial charge in [-0.25, -0.2) is 4.98 Å². The number of carbonyl (C=O) groups excluding carboxylic acids is 1. The molecule has 0 fully saturated rings. The molecule has 1 rings (SSSR count). The van der Waals surface area contributed by atoms with Crippen molar-refractivity contribution in [3.05, 3.63) is 22.8 Å². The minimum absolute atomic E-state index is 0.206. The number of aromatic nitrogens is 1. The fourth-order valence-electron chi connectivity index (χ4n) is 1.85. The van der Waals surface area contributed by atoms with Gasteiger partial charge in [0, 0.05) is 13.1 Å². The molecule has 0 aliphatic rings. The molecule has 1 amide bonds. The van der Waals surface area contributed by atoms with E-state index >= 15 is 0 Å². The maximum Gasteiger partial charge on any atom is 0.271 e. The van der Waals surface area contributed by atoms with Crippen LogP contribution in [0.5, 0.6) is 0 Å². The fraction of sp³-hybridized carbons (Fsp3) is 0.600. The van der Waals surface area contributed by atoms with Gasteiger partial charge in [0.25, 0.3) is 5.91 Å². The van der Waals surface area contributed by atoms with Crippen LogP contribution in [0.25, 0.3) is 0 Å². The van der Waals surface area contributed by atoms with Crippen LogP contribution in [0.15, 0.2) is 12.1 Å². The Kier molecular flexibility index (Phi) is 7.37. The number of pyridine rings is 1. The predicted molar refractivity (Wildman–Crippen MR) is 84.4 cm³/mol. The lowest BCUT2D eigenvalue weighted by molar-refractivity contribution is 0.0941. The second-order valence-electron chi connectivity index (χ2n) is 4.85. The van der Waals surface area contributed by atoms with Gasteiger partial charge in [-0.1, -0.05) is 45.2 Å². The number of hydrogen-bond acceptors (Lipinski definition) is 3. The van der Waals surface area contributed by atoms with Gasteiger partial charge in [0.05, 0.1) is 5.02 Å². The molecule has 0 unspecified atom stereocenters. The quantitative estimate of drug-likeness (QED) is 0.769. The van der Waals surface area contributed by atoms with Gasteiger partial charge in [0.15, 0.2) is 0 Å². The van der Waals surface area contributed by atoms with E-state index in [1.165, 1.54) is 0 Å². The average Bonchev–Trinajstić information content (AvgIpc) is 2.47. The number of hydrogen-bond donors (Lipinski definition) is 2. The molecule has 2 N–H and O–H groups in total. The molecule has 0 aliphatic carbocycles. The third-order valence-corrected chi connectivity index (χ3v) is 3.63. The van der Waals surface area contributed by atoms with Gasteiger partial charge >= 0.3 is 0 Å². The van der Waals surface area contributed by atoms with E-state index in [0.717, 1.165) is 25.8 Å².